The van der Waals surface area contributed by atoms with E-state index in [2.05, 4.69) is 266 Å². The minimum Gasteiger partial charge on any atom is -0.311 e. The van der Waals surface area contributed by atoms with Crippen molar-refractivity contribution in [3.8, 4) is 66.8 Å². The van der Waals surface area contributed by atoms with Crippen molar-refractivity contribution in [1.29, 1.82) is 0 Å². The first-order valence-electron chi connectivity index (χ1n) is 22.9. The number of rotatable bonds is 7. The highest BCUT2D eigenvalue weighted by Gasteiger charge is 2.51. The molecule has 0 saturated carbocycles. The fourth-order valence-corrected chi connectivity index (χ4v) is 11.1. The molecule has 11 aromatic carbocycles. The molecule has 2 aliphatic rings. The minimum absolute atomic E-state index is 0.373. The summed E-state index contributed by atoms with van der Waals surface area (Å²) in [6.45, 7) is 0. The van der Waals surface area contributed by atoms with Crippen LogP contribution in [0.15, 0.2) is 261 Å². The summed E-state index contributed by atoms with van der Waals surface area (Å²) in [5, 5.41) is 2.51. The van der Waals surface area contributed by atoms with Gasteiger partial charge in [0.1, 0.15) is 0 Å². The van der Waals surface area contributed by atoms with Crippen molar-refractivity contribution in [2.24, 2.45) is 0 Å². The summed E-state index contributed by atoms with van der Waals surface area (Å²) in [5.74, 6) is 0. The Balaban J connectivity index is 0.894. The van der Waals surface area contributed by atoms with Crippen LogP contribution in [0.2, 0.25) is 0 Å². The fourth-order valence-electron chi connectivity index (χ4n) is 11.1. The van der Waals surface area contributed by atoms with E-state index in [4.69, 9.17) is 0 Å². The smallest absolute Gasteiger partial charge is 0.0725 e. The third kappa shape index (κ3) is 5.94. The van der Waals surface area contributed by atoms with Crippen molar-refractivity contribution in [2.75, 3.05) is 4.90 Å². The fraction of sp³-hybridized carbons (Fsp3) is 0.0154. The lowest BCUT2D eigenvalue weighted by Crippen LogP contribution is -2.25. The summed E-state index contributed by atoms with van der Waals surface area (Å²) in [4.78, 5) is 2.37. The molecule has 0 atom stereocenters. The van der Waals surface area contributed by atoms with Gasteiger partial charge in [-0.05, 0) is 148 Å². The quantitative estimate of drug-likeness (QED) is 0.155. The first-order valence-corrected chi connectivity index (χ1v) is 22.9. The van der Waals surface area contributed by atoms with Crippen molar-refractivity contribution in [3.63, 3.8) is 0 Å². The van der Waals surface area contributed by atoms with E-state index >= 15 is 0 Å². The normalized spacial score (nSPS) is 12.7. The van der Waals surface area contributed by atoms with Crippen LogP contribution in [0.25, 0.3) is 77.5 Å². The average Bonchev–Trinajstić information content (AvgIpc) is 3.87. The molecule has 11 aromatic rings. The molecule has 0 radical (unpaired) electrons. The number of nitrogens with zero attached hydrogens (tertiary/aromatic N) is 1. The Morgan fingerprint density at radius 1 is 0.227 bits per heavy atom. The van der Waals surface area contributed by atoms with E-state index < -0.39 is 0 Å². The number of benzene rings is 11. The molecular weight excluding hydrogens is 795 g/mol. The predicted molar refractivity (Wildman–Crippen MR) is 277 cm³/mol. The molecule has 0 heterocycles. The minimum atomic E-state index is -0.373. The van der Waals surface area contributed by atoms with E-state index in [1.54, 1.807) is 0 Å². The van der Waals surface area contributed by atoms with Crippen LogP contribution in [0.4, 0.5) is 17.1 Å². The van der Waals surface area contributed by atoms with Crippen LogP contribution in [0.1, 0.15) is 22.3 Å². The Hall–Kier alpha value is -8.52. The summed E-state index contributed by atoms with van der Waals surface area (Å²) >= 11 is 0. The van der Waals surface area contributed by atoms with Crippen molar-refractivity contribution < 1.29 is 0 Å². The summed E-state index contributed by atoms with van der Waals surface area (Å²) < 4.78 is 0. The molecule has 1 spiro atoms. The van der Waals surface area contributed by atoms with Gasteiger partial charge in [0.15, 0.2) is 0 Å². The van der Waals surface area contributed by atoms with Gasteiger partial charge >= 0.3 is 0 Å². The summed E-state index contributed by atoms with van der Waals surface area (Å²) in [7, 11) is 0. The molecule has 0 aliphatic heterocycles. The Morgan fingerprint density at radius 2 is 0.621 bits per heavy atom. The van der Waals surface area contributed by atoms with E-state index in [-0.39, 0.29) is 5.41 Å². The van der Waals surface area contributed by atoms with Crippen LogP contribution in [-0.4, -0.2) is 0 Å². The Bertz CT molecular complexity index is 3570. The lowest BCUT2D eigenvalue weighted by molar-refractivity contribution is 0.794. The molecule has 0 saturated heterocycles. The second-order valence-corrected chi connectivity index (χ2v) is 17.6. The molecule has 0 fully saturated rings. The number of anilines is 3. The van der Waals surface area contributed by atoms with E-state index in [1.807, 2.05) is 0 Å². The van der Waals surface area contributed by atoms with Crippen LogP contribution >= 0.6 is 0 Å². The Labute approximate surface area is 386 Å². The second kappa shape index (κ2) is 15.3. The average molecular weight is 838 g/mol. The standard InChI is InChI=1S/C65H43N/c1-2-14-44(15-3-1)46-30-36-53(37-31-46)66(54-38-32-47(33-39-54)50-18-12-19-51(42-50)52-29-28-45-16-4-5-17-49(45)43-52)55-40-34-48(35-41-55)56-23-13-27-63-64(56)59-22-8-11-26-62(59)65(63)60-24-9-6-20-57(60)58-21-7-10-25-61(58)65/h1-43H. The summed E-state index contributed by atoms with van der Waals surface area (Å²) in [6.07, 6.45) is 0. The van der Waals surface area contributed by atoms with Crippen LogP contribution < -0.4 is 4.90 Å². The van der Waals surface area contributed by atoms with Gasteiger partial charge in [0.2, 0.25) is 0 Å². The maximum Gasteiger partial charge on any atom is 0.0725 e. The van der Waals surface area contributed by atoms with Crippen LogP contribution in [0, 0.1) is 0 Å². The zero-order valence-electron chi connectivity index (χ0n) is 36.3. The third-order valence-corrected chi connectivity index (χ3v) is 14.1. The van der Waals surface area contributed by atoms with E-state index in [0.29, 0.717) is 0 Å². The zero-order chi connectivity index (χ0) is 43.6. The number of hydrogen-bond acceptors (Lipinski definition) is 1. The van der Waals surface area contributed by atoms with Crippen molar-refractivity contribution in [1.82, 2.24) is 0 Å². The van der Waals surface area contributed by atoms with Gasteiger partial charge in [-0.2, -0.15) is 0 Å². The van der Waals surface area contributed by atoms with E-state index in [9.17, 15) is 0 Å². The van der Waals surface area contributed by atoms with Crippen molar-refractivity contribution >= 4 is 27.8 Å². The highest BCUT2D eigenvalue weighted by molar-refractivity contribution is 6.00. The second-order valence-electron chi connectivity index (χ2n) is 17.6. The molecular formula is C65H43N. The molecule has 66 heavy (non-hydrogen) atoms. The van der Waals surface area contributed by atoms with E-state index in [1.165, 1.54) is 99.8 Å². The Kier molecular flexibility index (Phi) is 8.82. The number of fused-ring (bicyclic) bond motifs is 11. The molecule has 2 aliphatic carbocycles. The highest BCUT2D eigenvalue weighted by atomic mass is 15.1. The zero-order valence-corrected chi connectivity index (χ0v) is 36.3. The van der Waals surface area contributed by atoms with Gasteiger partial charge in [-0.15, -0.1) is 0 Å². The lowest BCUT2D eigenvalue weighted by atomic mass is 9.70. The molecule has 0 aromatic heterocycles. The third-order valence-electron chi connectivity index (χ3n) is 14.1. The maximum atomic E-state index is 2.37. The monoisotopic (exact) mass is 837 g/mol. The Morgan fingerprint density at radius 3 is 1.26 bits per heavy atom. The van der Waals surface area contributed by atoms with Gasteiger partial charge in [-0.25, -0.2) is 0 Å². The van der Waals surface area contributed by atoms with Crippen LogP contribution in [0.5, 0.6) is 0 Å². The number of hydrogen-bond donors (Lipinski definition) is 0. The summed E-state index contributed by atoms with van der Waals surface area (Å²) in [6, 6.07) is 96.1. The van der Waals surface area contributed by atoms with Gasteiger partial charge in [0, 0.05) is 17.1 Å². The molecule has 308 valence electrons. The molecule has 0 unspecified atom stereocenters. The molecule has 1 nitrogen and oxygen atoms in total. The van der Waals surface area contributed by atoms with Crippen LogP contribution in [0.3, 0.4) is 0 Å². The van der Waals surface area contributed by atoms with Crippen molar-refractivity contribution in [2.45, 2.75) is 5.41 Å². The van der Waals surface area contributed by atoms with Crippen LogP contribution in [-0.2, 0) is 5.41 Å². The first-order chi connectivity index (χ1) is 32.7. The SMILES string of the molecule is c1ccc(-c2ccc(N(c3ccc(-c4cccc(-c5ccc6ccccc6c5)c4)cc3)c3ccc(-c4cccc5c4-c4ccccc4C54c5ccccc5-c5ccccc54)cc3)cc2)cc1. The first kappa shape index (κ1) is 38.0. The van der Waals surface area contributed by atoms with Gasteiger partial charge in [0.05, 0.1) is 5.41 Å². The molecule has 1 heteroatoms. The van der Waals surface area contributed by atoms with Crippen molar-refractivity contribution in [3.05, 3.63) is 283 Å². The lowest BCUT2D eigenvalue weighted by Gasteiger charge is -2.30. The molecule has 0 N–H and O–H groups in total. The molecule has 13 rings (SSSR count). The molecule has 0 amide bonds. The maximum absolute atomic E-state index is 2.37. The van der Waals surface area contributed by atoms with Gasteiger partial charge in [-0.1, -0.05) is 212 Å². The predicted octanol–water partition coefficient (Wildman–Crippen LogP) is 17.3. The molecule has 0 bridgehead atoms. The van der Waals surface area contributed by atoms with Gasteiger partial charge in [0.25, 0.3) is 0 Å². The summed E-state index contributed by atoms with van der Waals surface area (Å²) in [5.41, 5.74) is 23.3. The van der Waals surface area contributed by atoms with Gasteiger partial charge in [-0.3, -0.25) is 0 Å². The van der Waals surface area contributed by atoms with E-state index in [0.717, 1.165) is 17.1 Å². The highest BCUT2D eigenvalue weighted by Crippen LogP contribution is 2.64. The largest absolute Gasteiger partial charge is 0.311 e. The topological polar surface area (TPSA) is 3.24 Å². The van der Waals surface area contributed by atoms with Gasteiger partial charge < -0.3 is 4.90 Å².